The Labute approximate surface area is 778 Å². The van der Waals surface area contributed by atoms with E-state index in [4.69, 9.17) is 106 Å². The summed E-state index contributed by atoms with van der Waals surface area (Å²) in [5.41, 5.74) is 27.1. The number of carbonyl (C=O) groups excluding carboxylic acids is 7. The first-order valence-corrected chi connectivity index (χ1v) is 41.9. The maximum Gasteiger partial charge on any atom is 0.351 e. The zero-order valence-electron chi connectivity index (χ0n) is 73.7. The molecule has 0 bridgehead atoms. The molecule has 5 fully saturated rings. The lowest BCUT2D eigenvalue weighted by Gasteiger charge is -2.25. The quantitative estimate of drug-likeness (QED) is 0.0106. The molecule has 5 aliphatic rings. The van der Waals surface area contributed by atoms with Gasteiger partial charge in [0.2, 0.25) is 0 Å². The van der Waals surface area contributed by atoms with Crippen molar-refractivity contribution in [2.75, 3.05) is 67.0 Å². The highest BCUT2D eigenvalue weighted by molar-refractivity contribution is 5.91. The van der Waals surface area contributed by atoms with Crippen LogP contribution in [0.5, 0.6) is 0 Å². The molecule has 3 aromatic carbocycles. The number of carbonyl (C=O) groups is 7. The van der Waals surface area contributed by atoms with Crippen LogP contribution in [0.25, 0.3) is 0 Å². The lowest BCUT2D eigenvalue weighted by molar-refractivity contribution is -0.153. The van der Waals surface area contributed by atoms with Gasteiger partial charge < -0.3 is 121 Å². The number of benzene rings is 3. The van der Waals surface area contributed by atoms with Gasteiger partial charge in [0.25, 0.3) is 0 Å². The molecular formula is C82H105N19O37. The number of nitrogens with one attached hydrogen (secondary N) is 5. The lowest BCUT2D eigenvalue weighted by atomic mass is 10.0. The molecular weight excluding hydrogens is 1840 g/mol. The van der Waals surface area contributed by atoms with Crippen molar-refractivity contribution in [3.63, 3.8) is 0 Å². The summed E-state index contributed by atoms with van der Waals surface area (Å²) in [7, 11) is 0. The molecule has 750 valence electrons. The minimum Gasteiger partial charge on any atom is -0.462 e. The summed E-state index contributed by atoms with van der Waals surface area (Å²) in [5.74, 6) is -5.49. The first-order valence-electron chi connectivity index (χ1n) is 41.9. The molecule has 0 unspecified atom stereocenters. The predicted molar refractivity (Wildman–Crippen MR) is 462 cm³/mol. The van der Waals surface area contributed by atoms with Gasteiger partial charge in [0.1, 0.15) is 131 Å². The lowest BCUT2D eigenvalue weighted by Crippen LogP contribution is -2.42. The van der Waals surface area contributed by atoms with Crippen LogP contribution in [0, 0.1) is 11.8 Å². The molecule has 5 saturated heterocycles. The average molecular weight is 1950 g/mol. The Kier molecular flexibility index (Phi) is 40.0. The van der Waals surface area contributed by atoms with Gasteiger partial charge in [0, 0.05) is 31.0 Å². The Morgan fingerprint density at radius 2 is 0.623 bits per heavy atom. The van der Waals surface area contributed by atoms with Gasteiger partial charge in [-0.1, -0.05) is 88.7 Å². The third kappa shape index (κ3) is 27.9. The molecule has 138 heavy (non-hydrogen) atoms. The number of anilines is 5. The van der Waals surface area contributed by atoms with E-state index in [0.717, 1.165) is 22.8 Å². The van der Waals surface area contributed by atoms with Gasteiger partial charge in [-0.3, -0.25) is 95.5 Å². The highest BCUT2D eigenvalue weighted by Gasteiger charge is 2.53. The largest absolute Gasteiger partial charge is 0.462 e. The van der Waals surface area contributed by atoms with Crippen molar-refractivity contribution in [2.45, 2.75) is 182 Å². The third-order valence-corrected chi connectivity index (χ3v) is 21.3. The van der Waals surface area contributed by atoms with Crippen LogP contribution < -0.4 is 78.8 Å². The van der Waals surface area contributed by atoms with Crippen LogP contribution in [0.4, 0.5) is 29.1 Å². The number of hydrogen-bond donors (Lipinski definition) is 22. The van der Waals surface area contributed by atoms with Crippen LogP contribution in [0.1, 0.15) is 103 Å². The monoisotopic (exact) mass is 1950 g/mol. The zero-order valence-corrected chi connectivity index (χ0v) is 73.7. The van der Waals surface area contributed by atoms with E-state index in [1.54, 1.807) is 120 Å². The van der Waals surface area contributed by atoms with Crippen molar-refractivity contribution >= 4 is 70.9 Å². The summed E-state index contributed by atoms with van der Waals surface area (Å²) in [6.45, 7) is 6.65. The Hall–Kier alpha value is -13.5. The average Bonchev–Trinajstić information content (AvgIpc) is 1.62. The number of nitrogens with two attached hydrogens (primary N) is 4. The van der Waals surface area contributed by atoms with E-state index in [9.17, 15) is 98.4 Å². The topological polar surface area (TPSA) is 832 Å². The van der Waals surface area contributed by atoms with Crippen molar-refractivity contribution in [1.29, 1.82) is 0 Å². The molecule has 0 aliphatic carbocycles. The summed E-state index contributed by atoms with van der Waals surface area (Å²) < 4.78 is 69.3. The van der Waals surface area contributed by atoms with E-state index in [0.29, 0.717) is 6.42 Å². The van der Waals surface area contributed by atoms with Crippen molar-refractivity contribution < 1.29 is 157 Å². The minimum absolute atomic E-state index is 0.0708. The van der Waals surface area contributed by atoms with Crippen LogP contribution in [0.3, 0.4) is 0 Å². The molecule has 56 heteroatoms. The Bertz CT molecular complexity index is 5680. The van der Waals surface area contributed by atoms with Crippen molar-refractivity contribution in [1.82, 2.24) is 47.8 Å². The summed E-state index contributed by atoms with van der Waals surface area (Å²) in [5, 5.41) is 124. The van der Waals surface area contributed by atoms with Gasteiger partial charge in [-0.05, 0) is 85.5 Å². The number of nitrogens with zero attached hydrogens (tertiary/aromatic N) is 10. The number of ether oxygens (including phenoxy) is 12. The van der Waals surface area contributed by atoms with E-state index in [1.165, 1.54) is 80.4 Å². The number of aromatic nitrogens is 10. The zero-order chi connectivity index (χ0) is 101. The number of rotatable bonds is 32. The van der Waals surface area contributed by atoms with Crippen LogP contribution >= 0.6 is 0 Å². The molecule has 13 rings (SSSR count). The molecule has 24 atom stereocenters. The second kappa shape index (κ2) is 51.0. The van der Waals surface area contributed by atoms with Crippen LogP contribution in [-0.2, 0) is 76.0 Å². The van der Waals surface area contributed by atoms with Crippen LogP contribution in [-0.4, -0.2) is 306 Å². The van der Waals surface area contributed by atoms with Crippen LogP contribution in [0.15, 0.2) is 176 Å². The maximum absolute atomic E-state index is 13.2. The normalized spacial score (nSPS) is 25.2. The first kappa shape index (κ1) is 108. The summed E-state index contributed by atoms with van der Waals surface area (Å²) in [6, 6.07) is 28.4. The Morgan fingerprint density at radius 3 is 0.906 bits per heavy atom. The molecule has 0 amide bonds. The fourth-order valence-corrected chi connectivity index (χ4v) is 13.2. The number of esters is 7. The first-order chi connectivity index (χ1) is 65.8. The van der Waals surface area contributed by atoms with Crippen molar-refractivity contribution in [3.05, 3.63) is 221 Å². The molecule has 0 saturated carbocycles. The standard InChI is InChI=1S/C30H25N3O9.C15H24N4O7.C14H22N4O7.C12H18N4O7.C11H16N4O7/c34-27(19-10-4-1-5-11-19)39-18-22-24(41-28(35)20-12-6-2-7-13-20)25(42-29(36)21-14-8-3-9-15-21)26(40-22)33-17-16-23(32-38)31-30(33)37;1-3-7(2)10(16)14(22)25-6-8-11(20)12(21)13(26-8)19-5-4-9(18-24)17-15(19)23;1-6(2)9(15)13(21)24-5-7-10(19)11(20)12(25-7)18-4-3-8(17-23)16-14(18)22;1-5(13)11(19)22-4-6-8(17)9(18)10(23-6)16-3-2-7(15-21)14-12(16)20;12-3-7(16)21-4-5-8(17)9(18)10(22-5)15-2-1-6(14-20)13-11(15)19/h1-17,22,24-26,38H,18H2,(H,31,32,37);4-5,7-8,10-13,20-21,24H,3,6,16H2,1-2H3,(H,17,18,23);3-4,6-7,9-12,19-20,23H,5,15H2,1-2H3,(H,16,17,22);2-3,5-6,8-10,17-18,21H,4,13H2,1H3,(H,14,15,20);1-2,5,8-10,17-18,20H,3-4,12H2,(H,13,14,19)/t22-,24-,25-,26-;7-,8+,10-,11+,12+,13+;7-,9+,10-,11-,12-;5-,6+,8+,9+,10+;5-,8-,9-,10-/m10101/s1. The van der Waals surface area contributed by atoms with E-state index >= 15 is 0 Å². The smallest absolute Gasteiger partial charge is 0.351 e. The second-order valence-corrected chi connectivity index (χ2v) is 31.0. The fraction of sp³-hybridized carbons (Fsp3) is 0.451. The number of aliphatic hydroxyl groups excluding tert-OH is 8. The van der Waals surface area contributed by atoms with Gasteiger partial charge in [0.05, 0.1) is 23.2 Å². The predicted octanol–water partition coefficient (Wildman–Crippen LogP) is -5.26. The summed E-state index contributed by atoms with van der Waals surface area (Å²) in [4.78, 5) is 163. The molecule has 56 nitrogen and oxygen atoms in total. The van der Waals surface area contributed by atoms with E-state index in [-0.39, 0.29) is 90.6 Å². The number of aliphatic hydroxyl groups is 8. The molecule has 8 aromatic rings. The van der Waals surface area contributed by atoms with E-state index in [2.05, 4.69) is 24.9 Å². The van der Waals surface area contributed by atoms with E-state index in [1.807, 2.05) is 13.8 Å². The number of hydrogen-bond acceptors (Lipinski definition) is 51. The highest BCUT2D eigenvalue weighted by atomic mass is 16.7. The van der Waals surface area contributed by atoms with Gasteiger partial charge in [-0.25, -0.2) is 38.4 Å². The third-order valence-electron chi connectivity index (χ3n) is 21.3. The highest BCUT2D eigenvalue weighted by Crippen LogP contribution is 2.37. The van der Waals surface area contributed by atoms with Gasteiger partial charge in [-0.15, -0.1) is 0 Å². The summed E-state index contributed by atoms with van der Waals surface area (Å²) in [6.07, 6.45) is -18.5. The molecule has 0 spiro atoms. The summed E-state index contributed by atoms with van der Waals surface area (Å²) >= 11 is 0. The Balaban J connectivity index is 0.000000198. The SMILES string of the molecule is CC(C)[C@H](N)C(=O)OC[C@H]1O[C@@H](n2ccc(NO)nc2=O)[C@H](O)[C@@H]1O.CC[C@H](C)[C@H](N)C(=O)OC[C@H]1O[C@@H](n2ccc(NO)nc2=O)[C@H](O)[C@@H]1O.C[C@H](N)C(=O)OC[C@H]1O[C@@H](n2ccc(NO)nc2=O)[C@H](O)[C@@H]1O.NCC(=O)OC[C@H]1O[C@@H](n2ccc(NO)nc2=O)[C@H](O)[C@@H]1O.O=C(OC[C@H]1O[C@@H](n2ccc(NO)nc2=O)[C@H](OC(=O)c2ccccc2)[C@@H]1OC(=O)c1ccccc1)c1ccccc1. The molecule has 0 radical (unpaired) electrons. The van der Waals surface area contributed by atoms with Crippen molar-refractivity contribution in [2.24, 2.45) is 34.8 Å². The second-order valence-electron chi connectivity index (χ2n) is 31.0. The van der Waals surface area contributed by atoms with Gasteiger partial charge >= 0.3 is 70.2 Å². The van der Waals surface area contributed by atoms with E-state index < -0.39 is 218 Å². The minimum atomic E-state index is -1.44. The molecule has 10 heterocycles. The molecule has 5 aromatic heterocycles. The fourth-order valence-electron chi connectivity index (χ4n) is 13.2. The molecule has 26 N–H and O–H groups in total. The maximum atomic E-state index is 13.2. The van der Waals surface area contributed by atoms with Gasteiger partial charge in [0.15, 0.2) is 72.4 Å². The van der Waals surface area contributed by atoms with Gasteiger partial charge in [-0.2, -0.15) is 24.9 Å². The molecule has 5 aliphatic heterocycles. The van der Waals surface area contributed by atoms with Crippen molar-refractivity contribution in [3.8, 4) is 0 Å². The Morgan fingerprint density at radius 1 is 0.355 bits per heavy atom. The van der Waals surface area contributed by atoms with Crippen LogP contribution in [0.2, 0.25) is 0 Å².